The highest BCUT2D eigenvalue weighted by molar-refractivity contribution is 5.97. The predicted molar refractivity (Wildman–Crippen MR) is 65.8 cm³/mol. The Bertz CT molecular complexity index is 470. The van der Waals surface area contributed by atoms with Crippen molar-refractivity contribution >= 4 is 5.91 Å². The average molecular weight is 252 g/mol. The van der Waals surface area contributed by atoms with E-state index in [0.29, 0.717) is 13.1 Å². The third-order valence-electron chi connectivity index (χ3n) is 3.24. The molecule has 1 heterocycles. The Morgan fingerprint density at radius 2 is 2.22 bits per heavy atom. The van der Waals surface area contributed by atoms with Crippen LogP contribution in [0.1, 0.15) is 30.1 Å². The molecular weight excluding hydrogens is 235 g/mol. The lowest BCUT2D eigenvalue weighted by atomic mass is 9.86. The highest BCUT2D eigenvalue weighted by Gasteiger charge is 2.41. The molecule has 1 aliphatic rings. The lowest BCUT2D eigenvalue weighted by molar-refractivity contribution is 0.0383. The molecule has 0 radical (unpaired) electrons. The summed E-state index contributed by atoms with van der Waals surface area (Å²) < 4.78 is 13.1. The molecule has 5 heteroatoms. The summed E-state index contributed by atoms with van der Waals surface area (Å²) >= 11 is 0. The molecule has 1 saturated heterocycles. The van der Waals surface area contributed by atoms with Crippen LogP contribution in [0.15, 0.2) is 18.2 Å². The summed E-state index contributed by atoms with van der Waals surface area (Å²) in [4.78, 5) is 13.6. The van der Waals surface area contributed by atoms with Crippen molar-refractivity contribution < 1.29 is 14.3 Å². The van der Waals surface area contributed by atoms with E-state index in [4.69, 9.17) is 5.73 Å². The molecule has 0 spiro atoms. The van der Waals surface area contributed by atoms with Gasteiger partial charge >= 0.3 is 0 Å². The van der Waals surface area contributed by atoms with Gasteiger partial charge in [-0.15, -0.1) is 0 Å². The molecule has 0 saturated carbocycles. The van der Waals surface area contributed by atoms with Crippen LogP contribution in [-0.4, -0.2) is 34.5 Å². The first-order valence-electron chi connectivity index (χ1n) is 6.02. The van der Waals surface area contributed by atoms with Crippen LogP contribution >= 0.6 is 0 Å². The molecule has 0 unspecified atom stereocenters. The number of nitrogens with two attached hydrogens (primary N) is 1. The number of rotatable bonds is 3. The maximum atomic E-state index is 13.1. The number of benzene rings is 1. The second kappa shape index (κ2) is 4.57. The van der Waals surface area contributed by atoms with Crippen LogP contribution in [0, 0.1) is 5.82 Å². The molecule has 1 aliphatic heterocycles. The van der Waals surface area contributed by atoms with Crippen molar-refractivity contribution in [3.8, 4) is 5.75 Å². The first kappa shape index (κ1) is 12.8. The smallest absolute Gasteiger partial charge is 0.257 e. The summed E-state index contributed by atoms with van der Waals surface area (Å²) in [5.74, 6) is -1.11. The first-order chi connectivity index (χ1) is 8.45. The van der Waals surface area contributed by atoms with Crippen LogP contribution in [0.25, 0.3) is 0 Å². The normalized spacial score (nSPS) is 17.4. The molecule has 0 aromatic heterocycles. The molecule has 98 valence electrons. The number of halogens is 1. The fourth-order valence-corrected chi connectivity index (χ4v) is 2.36. The van der Waals surface area contributed by atoms with Gasteiger partial charge in [0.1, 0.15) is 11.6 Å². The van der Waals surface area contributed by atoms with E-state index in [1.54, 1.807) is 0 Å². The number of phenolic OH excluding ortho intramolecular Hbond substituents is 1. The topological polar surface area (TPSA) is 66.6 Å². The Hall–Kier alpha value is -1.62. The van der Waals surface area contributed by atoms with Gasteiger partial charge in [0.2, 0.25) is 0 Å². The van der Waals surface area contributed by atoms with Crippen molar-refractivity contribution in [1.29, 1.82) is 0 Å². The van der Waals surface area contributed by atoms with E-state index in [2.05, 4.69) is 0 Å². The molecule has 1 aromatic carbocycles. The Morgan fingerprint density at radius 1 is 1.56 bits per heavy atom. The number of hydrogen-bond donors (Lipinski definition) is 2. The summed E-state index contributed by atoms with van der Waals surface area (Å²) in [6.45, 7) is 2.95. The van der Waals surface area contributed by atoms with E-state index in [1.165, 1.54) is 11.0 Å². The van der Waals surface area contributed by atoms with Gasteiger partial charge in [0.05, 0.1) is 11.1 Å². The van der Waals surface area contributed by atoms with Crippen LogP contribution < -0.4 is 5.73 Å². The molecule has 0 bridgehead atoms. The summed E-state index contributed by atoms with van der Waals surface area (Å²) in [6.07, 6.45) is 1.82. The highest BCUT2D eigenvalue weighted by Crippen LogP contribution is 2.27. The van der Waals surface area contributed by atoms with Crippen LogP contribution in [0.2, 0.25) is 0 Å². The lowest BCUT2D eigenvalue weighted by Crippen LogP contribution is -2.68. The van der Waals surface area contributed by atoms with Crippen molar-refractivity contribution in [2.75, 3.05) is 13.1 Å². The fourth-order valence-electron chi connectivity index (χ4n) is 2.36. The van der Waals surface area contributed by atoms with Crippen molar-refractivity contribution in [3.05, 3.63) is 29.6 Å². The average Bonchev–Trinajstić information content (AvgIpc) is 2.28. The minimum atomic E-state index is -0.538. The number of likely N-dealkylation sites (tertiary alicyclic amines) is 1. The van der Waals surface area contributed by atoms with Gasteiger partial charge in [-0.1, -0.05) is 13.3 Å². The quantitative estimate of drug-likeness (QED) is 0.856. The highest BCUT2D eigenvalue weighted by atomic mass is 19.1. The molecular formula is C13H17FN2O2. The Morgan fingerprint density at radius 3 is 2.83 bits per heavy atom. The number of phenols is 1. The zero-order valence-corrected chi connectivity index (χ0v) is 10.3. The van der Waals surface area contributed by atoms with E-state index in [9.17, 15) is 14.3 Å². The lowest BCUT2D eigenvalue weighted by Gasteiger charge is -2.47. The van der Waals surface area contributed by atoms with Crippen LogP contribution in [0.5, 0.6) is 5.75 Å². The third kappa shape index (κ3) is 2.31. The predicted octanol–water partition coefficient (Wildman–Crippen LogP) is 1.48. The zero-order chi connectivity index (χ0) is 13.3. The molecule has 3 N–H and O–H groups in total. The van der Waals surface area contributed by atoms with E-state index in [0.717, 1.165) is 25.0 Å². The minimum absolute atomic E-state index is 0.00597. The van der Waals surface area contributed by atoms with Crippen molar-refractivity contribution in [3.63, 3.8) is 0 Å². The van der Waals surface area contributed by atoms with Crippen LogP contribution in [-0.2, 0) is 0 Å². The molecule has 2 rings (SSSR count). The van der Waals surface area contributed by atoms with E-state index >= 15 is 0 Å². The number of carbonyl (C=O) groups excluding carboxylic acids is 1. The number of carbonyl (C=O) groups is 1. The summed E-state index contributed by atoms with van der Waals surface area (Å²) in [5.41, 5.74) is 5.73. The second-order valence-electron chi connectivity index (χ2n) is 4.94. The Balaban J connectivity index is 2.08. The van der Waals surface area contributed by atoms with E-state index in [1.807, 2.05) is 6.92 Å². The third-order valence-corrected chi connectivity index (χ3v) is 3.24. The van der Waals surface area contributed by atoms with Gasteiger partial charge in [-0.05, 0) is 24.6 Å². The number of aromatic hydroxyl groups is 1. The van der Waals surface area contributed by atoms with Gasteiger partial charge < -0.3 is 15.7 Å². The van der Waals surface area contributed by atoms with Crippen molar-refractivity contribution in [2.45, 2.75) is 25.3 Å². The monoisotopic (exact) mass is 252 g/mol. The van der Waals surface area contributed by atoms with Gasteiger partial charge in [-0.25, -0.2) is 4.39 Å². The Kier molecular flexibility index (Phi) is 3.26. The largest absolute Gasteiger partial charge is 0.507 e. The molecule has 1 fully saturated rings. The van der Waals surface area contributed by atoms with E-state index in [-0.39, 0.29) is 22.8 Å². The first-order valence-corrected chi connectivity index (χ1v) is 6.02. The number of nitrogens with zero attached hydrogens (tertiary/aromatic N) is 1. The maximum Gasteiger partial charge on any atom is 0.257 e. The number of amides is 1. The molecule has 0 atom stereocenters. The minimum Gasteiger partial charge on any atom is -0.507 e. The van der Waals surface area contributed by atoms with Gasteiger partial charge in [0, 0.05) is 13.1 Å². The number of hydrogen-bond acceptors (Lipinski definition) is 3. The standard InChI is InChI=1S/C13H17FN2O2/c1-2-5-13(15)7-16(8-13)12(18)10-6-9(14)3-4-11(10)17/h3-4,6,17H,2,5,7-8,15H2,1H3. The van der Waals surface area contributed by atoms with Crippen molar-refractivity contribution in [1.82, 2.24) is 4.90 Å². The van der Waals surface area contributed by atoms with Crippen LogP contribution in [0.4, 0.5) is 4.39 Å². The SMILES string of the molecule is CCCC1(N)CN(C(=O)c2cc(F)ccc2O)C1. The van der Waals surface area contributed by atoms with Crippen LogP contribution in [0.3, 0.4) is 0 Å². The Labute approximate surface area is 105 Å². The maximum absolute atomic E-state index is 13.1. The second-order valence-corrected chi connectivity index (χ2v) is 4.94. The molecule has 0 aliphatic carbocycles. The summed E-state index contributed by atoms with van der Waals surface area (Å²) in [7, 11) is 0. The van der Waals surface area contributed by atoms with Gasteiger partial charge in [0.15, 0.2) is 0 Å². The zero-order valence-electron chi connectivity index (χ0n) is 10.3. The molecule has 1 amide bonds. The molecule has 18 heavy (non-hydrogen) atoms. The summed E-state index contributed by atoms with van der Waals surface area (Å²) in [6, 6.07) is 3.35. The van der Waals surface area contributed by atoms with Gasteiger partial charge in [0.25, 0.3) is 5.91 Å². The fraction of sp³-hybridized carbons (Fsp3) is 0.462. The van der Waals surface area contributed by atoms with Crippen molar-refractivity contribution in [2.24, 2.45) is 5.73 Å². The molecule has 4 nitrogen and oxygen atoms in total. The van der Waals surface area contributed by atoms with Gasteiger partial charge in [-0.3, -0.25) is 4.79 Å². The van der Waals surface area contributed by atoms with E-state index < -0.39 is 5.82 Å². The van der Waals surface area contributed by atoms with Gasteiger partial charge in [-0.2, -0.15) is 0 Å². The summed E-state index contributed by atoms with van der Waals surface area (Å²) in [5, 5.41) is 9.56. The molecule has 1 aromatic rings.